The molecule has 0 aliphatic carbocycles. The summed E-state index contributed by atoms with van der Waals surface area (Å²) in [4.78, 5) is 3.71. The molecule has 0 saturated carbocycles. The van der Waals surface area contributed by atoms with Crippen LogP contribution in [0.3, 0.4) is 0 Å². The Bertz CT molecular complexity index is 164. The third kappa shape index (κ3) is 2.62. The van der Waals surface area contributed by atoms with Crippen molar-refractivity contribution in [2.24, 2.45) is 10.9 Å². The average molecular weight is 137 g/mol. The molecule has 10 heavy (non-hydrogen) atoms. The molecular weight excluding hydrogens is 122 g/mol. The molecule has 0 aliphatic heterocycles. The van der Waals surface area contributed by atoms with E-state index in [0.29, 0.717) is 5.92 Å². The van der Waals surface area contributed by atoms with Gasteiger partial charge in [-0.05, 0) is 25.1 Å². The van der Waals surface area contributed by atoms with Gasteiger partial charge in [0.15, 0.2) is 0 Å². The second-order valence-electron chi connectivity index (χ2n) is 2.70. The fourth-order valence-electron chi connectivity index (χ4n) is 0.850. The number of rotatable bonds is 3. The van der Waals surface area contributed by atoms with Gasteiger partial charge in [-0.25, -0.2) is 0 Å². The van der Waals surface area contributed by atoms with Crippen molar-refractivity contribution in [2.75, 3.05) is 0 Å². The van der Waals surface area contributed by atoms with Crippen molar-refractivity contribution in [1.29, 1.82) is 0 Å². The van der Waals surface area contributed by atoms with E-state index in [4.69, 9.17) is 0 Å². The SMILES string of the molecule is C=N/C=C(\C(=C)C)C(C)C. The zero-order chi connectivity index (χ0) is 8.15. The Balaban J connectivity index is 4.41. The Morgan fingerprint density at radius 3 is 2.10 bits per heavy atom. The van der Waals surface area contributed by atoms with E-state index in [1.807, 2.05) is 6.92 Å². The van der Waals surface area contributed by atoms with Crippen LogP contribution in [0.1, 0.15) is 20.8 Å². The Kier molecular flexibility index (Phi) is 3.70. The average Bonchev–Trinajstić information content (AvgIpc) is 1.81. The molecule has 0 bridgehead atoms. The van der Waals surface area contributed by atoms with Gasteiger partial charge in [0.2, 0.25) is 0 Å². The molecule has 0 unspecified atom stereocenters. The van der Waals surface area contributed by atoms with Crippen LogP contribution in [0.5, 0.6) is 0 Å². The van der Waals surface area contributed by atoms with E-state index in [1.165, 1.54) is 5.57 Å². The minimum Gasteiger partial charge on any atom is -0.272 e. The molecule has 0 rings (SSSR count). The van der Waals surface area contributed by atoms with E-state index in [1.54, 1.807) is 6.20 Å². The first-order valence-corrected chi connectivity index (χ1v) is 3.41. The number of hydrogen-bond donors (Lipinski definition) is 0. The second kappa shape index (κ2) is 4.04. The normalized spacial score (nSPS) is 11.8. The molecule has 56 valence electrons. The van der Waals surface area contributed by atoms with E-state index >= 15 is 0 Å². The van der Waals surface area contributed by atoms with Gasteiger partial charge in [0, 0.05) is 6.20 Å². The lowest BCUT2D eigenvalue weighted by Gasteiger charge is -2.08. The van der Waals surface area contributed by atoms with Gasteiger partial charge in [-0.2, -0.15) is 0 Å². The van der Waals surface area contributed by atoms with E-state index in [0.717, 1.165) is 5.57 Å². The number of aliphatic imine (C=N–C) groups is 1. The van der Waals surface area contributed by atoms with Crippen LogP contribution >= 0.6 is 0 Å². The predicted octanol–water partition coefficient (Wildman–Crippen LogP) is 2.80. The Labute approximate surface area is 63.2 Å². The highest BCUT2D eigenvalue weighted by Crippen LogP contribution is 2.16. The van der Waals surface area contributed by atoms with E-state index in [-0.39, 0.29) is 0 Å². The number of hydrogen-bond acceptors (Lipinski definition) is 1. The molecule has 0 aromatic heterocycles. The van der Waals surface area contributed by atoms with Crippen molar-refractivity contribution in [2.45, 2.75) is 20.8 Å². The Morgan fingerprint density at radius 2 is 2.00 bits per heavy atom. The summed E-state index contributed by atoms with van der Waals surface area (Å²) in [5.74, 6) is 0.489. The van der Waals surface area contributed by atoms with Crippen molar-refractivity contribution < 1.29 is 0 Å². The standard InChI is InChI=1S/C9H15N/c1-7(2)9(6-10-5)8(3)4/h6,8H,1,5H2,2-4H3/b9-6+. The summed E-state index contributed by atoms with van der Waals surface area (Å²) in [5.41, 5.74) is 2.25. The van der Waals surface area contributed by atoms with Crippen LogP contribution in [0.25, 0.3) is 0 Å². The zero-order valence-electron chi connectivity index (χ0n) is 7.02. The Morgan fingerprint density at radius 1 is 1.50 bits per heavy atom. The third-order valence-corrected chi connectivity index (χ3v) is 1.35. The highest BCUT2D eigenvalue weighted by Gasteiger charge is 2.01. The van der Waals surface area contributed by atoms with Crippen LogP contribution in [0.15, 0.2) is 28.9 Å². The summed E-state index contributed by atoms with van der Waals surface area (Å²) >= 11 is 0. The van der Waals surface area contributed by atoms with Gasteiger partial charge in [0.05, 0.1) is 0 Å². The van der Waals surface area contributed by atoms with Gasteiger partial charge in [0.25, 0.3) is 0 Å². The van der Waals surface area contributed by atoms with Gasteiger partial charge in [-0.1, -0.05) is 26.0 Å². The predicted molar refractivity (Wildman–Crippen MR) is 47.3 cm³/mol. The van der Waals surface area contributed by atoms with Crippen molar-refractivity contribution in [3.05, 3.63) is 23.9 Å². The van der Waals surface area contributed by atoms with Crippen LogP contribution < -0.4 is 0 Å². The maximum absolute atomic E-state index is 3.84. The number of allylic oxidation sites excluding steroid dienone is 2. The lowest BCUT2D eigenvalue weighted by atomic mass is 9.99. The fourth-order valence-corrected chi connectivity index (χ4v) is 0.850. The van der Waals surface area contributed by atoms with Crippen molar-refractivity contribution in [3.8, 4) is 0 Å². The number of nitrogens with zero attached hydrogens (tertiary/aromatic N) is 1. The van der Waals surface area contributed by atoms with Gasteiger partial charge in [-0.3, -0.25) is 4.99 Å². The second-order valence-corrected chi connectivity index (χ2v) is 2.70. The van der Waals surface area contributed by atoms with Gasteiger partial charge < -0.3 is 0 Å². The van der Waals surface area contributed by atoms with Crippen LogP contribution in [-0.2, 0) is 0 Å². The Hall–Kier alpha value is -0.850. The molecule has 0 atom stereocenters. The summed E-state index contributed by atoms with van der Waals surface area (Å²) in [6.07, 6.45) is 1.77. The first-order valence-electron chi connectivity index (χ1n) is 3.41. The molecule has 0 saturated heterocycles. The lowest BCUT2D eigenvalue weighted by Crippen LogP contribution is -1.93. The van der Waals surface area contributed by atoms with E-state index in [2.05, 4.69) is 32.1 Å². The minimum atomic E-state index is 0.489. The fraction of sp³-hybridized carbons (Fsp3) is 0.444. The van der Waals surface area contributed by atoms with E-state index < -0.39 is 0 Å². The maximum atomic E-state index is 3.84. The molecule has 0 heterocycles. The summed E-state index contributed by atoms with van der Waals surface area (Å²) < 4.78 is 0. The summed E-state index contributed by atoms with van der Waals surface area (Å²) in [6, 6.07) is 0. The quantitative estimate of drug-likeness (QED) is 0.419. The molecule has 1 heteroatoms. The molecule has 0 N–H and O–H groups in total. The highest BCUT2D eigenvalue weighted by atomic mass is 14.6. The molecule has 1 nitrogen and oxygen atoms in total. The van der Waals surface area contributed by atoms with Crippen LogP contribution in [-0.4, -0.2) is 6.72 Å². The van der Waals surface area contributed by atoms with Crippen molar-refractivity contribution in [1.82, 2.24) is 0 Å². The molecule has 0 amide bonds. The topological polar surface area (TPSA) is 12.4 Å². The molecule has 0 aromatic carbocycles. The maximum Gasteiger partial charge on any atom is 0.0297 e. The van der Waals surface area contributed by atoms with Gasteiger partial charge in [0.1, 0.15) is 0 Å². The zero-order valence-corrected chi connectivity index (χ0v) is 7.02. The molecule has 0 spiro atoms. The van der Waals surface area contributed by atoms with Crippen LogP contribution in [0.2, 0.25) is 0 Å². The van der Waals surface area contributed by atoms with E-state index in [9.17, 15) is 0 Å². The molecule has 0 fully saturated rings. The minimum absolute atomic E-state index is 0.489. The largest absolute Gasteiger partial charge is 0.272 e. The molecule has 0 aromatic rings. The molecule has 0 aliphatic rings. The monoisotopic (exact) mass is 137 g/mol. The van der Waals surface area contributed by atoms with Gasteiger partial charge >= 0.3 is 0 Å². The van der Waals surface area contributed by atoms with Crippen LogP contribution in [0.4, 0.5) is 0 Å². The smallest absolute Gasteiger partial charge is 0.0297 e. The van der Waals surface area contributed by atoms with Crippen LogP contribution in [0, 0.1) is 5.92 Å². The van der Waals surface area contributed by atoms with Crippen molar-refractivity contribution in [3.63, 3.8) is 0 Å². The first kappa shape index (κ1) is 9.15. The third-order valence-electron chi connectivity index (χ3n) is 1.35. The lowest BCUT2D eigenvalue weighted by molar-refractivity contribution is 0.775. The molecule has 0 radical (unpaired) electrons. The summed E-state index contributed by atoms with van der Waals surface area (Å²) in [6.45, 7) is 13.5. The van der Waals surface area contributed by atoms with Crippen molar-refractivity contribution >= 4 is 6.72 Å². The summed E-state index contributed by atoms with van der Waals surface area (Å²) in [5, 5.41) is 0. The summed E-state index contributed by atoms with van der Waals surface area (Å²) in [7, 11) is 0. The highest BCUT2D eigenvalue weighted by molar-refractivity contribution is 5.32. The van der Waals surface area contributed by atoms with Gasteiger partial charge in [-0.15, -0.1) is 0 Å². The first-order chi connectivity index (χ1) is 4.59. The molecular formula is C9H15N.